The van der Waals surface area contributed by atoms with E-state index in [0.29, 0.717) is 6.04 Å². The molecule has 0 radical (unpaired) electrons. The topological polar surface area (TPSA) is 0 Å². The van der Waals surface area contributed by atoms with Crippen molar-refractivity contribution < 1.29 is 1.37 Å². The maximum atomic E-state index is 7.35. The van der Waals surface area contributed by atoms with E-state index in [1.807, 2.05) is 24.5 Å². The van der Waals surface area contributed by atoms with Gasteiger partial charge in [0.1, 0.15) is 0 Å². The van der Waals surface area contributed by atoms with Crippen molar-refractivity contribution in [1.82, 2.24) is 0 Å². The van der Waals surface area contributed by atoms with Crippen molar-refractivity contribution in [1.29, 1.82) is 0 Å². The molecule has 0 aromatic heterocycles. The molecule has 0 aliphatic carbocycles. The first kappa shape index (κ1) is 4.45. The Bertz CT molecular complexity index is 198. The molecule has 0 heterocycles. The highest BCUT2D eigenvalue weighted by Crippen LogP contribution is 2.11. The van der Waals surface area contributed by atoms with E-state index in [-0.39, 0.29) is 0 Å². The third-order valence-electron chi connectivity index (χ3n) is 0.900. The fourth-order valence-corrected chi connectivity index (χ4v) is 0.904. The van der Waals surface area contributed by atoms with Crippen LogP contribution in [-0.4, -0.2) is 6.26 Å². The lowest BCUT2D eigenvalue weighted by molar-refractivity contribution is 1.47. The molecular formula is C7H8S. The predicted molar refractivity (Wildman–Crippen MR) is 38.2 cm³/mol. The van der Waals surface area contributed by atoms with Gasteiger partial charge in [-0.25, -0.2) is 0 Å². The van der Waals surface area contributed by atoms with Crippen LogP contribution in [0.1, 0.15) is 1.37 Å². The number of hydrogen-bond donors (Lipinski definition) is 0. The lowest BCUT2D eigenvalue weighted by Crippen LogP contribution is -1.62. The summed E-state index contributed by atoms with van der Waals surface area (Å²) in [6.45, 7) is 0. The predicted octanol–water partition coefficient (Wildman–Crippen LogP) is 2.41. The van der Waals surface area contributed by atoms with Crippen LogP contribution in [0, 0.1) is 0 Å². The zero-order chi connectivity index (χ0) is 6.69. The maximum absolute atomic E-state index is 7.35. The van der Waals surface area contributed by atoms with Crippen LogP contribution in [0.25, 0.3) is 0 Å². The van der Waals surface area contributed by atoms with Gasteiger partial charge in [-0.15, -0.1) is 11.8 Å². The van der Waals surface area contributed by atoms with Crippen LogP contribution in [0.4, 0.5) is 0 Å². The molecule has 1 aromatic carbocycles. The van der Waals surface area contributed by atoms with Crippen LogP contribution in [-0.2, 0) is 0 Å². The van der Waals surface area contributed by atoms with Crippen molar-refractivity contribution in [2.45, 2.75) is 4.90 Å². The molecule has 0 N–H and O–H groups in total. The van der Waals surface area contributed by atoms with Gasteiger partial charge in [0.05, 0.1) is 1.37 Å². The van der Waals surface area contributed by atoms with Gasteiger partial charge in [0, 0.05) is 4.90 Å². The van der Waals surface area contributed by atoms with E-state index >= 15 is 0 Å². The number of hydrogen-bond acceptors (Lipinski definition) is 1. The Morgan fingerprint density at radius 2 is 2.38 bits per heavy atom. The highest BCUT2D eigenvalue weighted by molar-refractivity contribution is 7.98. The van der Waals surface area contributed by atoms with Gasteiger partial charge < -0.3 is 0 Å². The zero-order valence-corrected chi connectivity index (χ0v) is 5.53. The summed E-state index contributed by atoms with van der Waals surface area (Å²) in [5.41, 5.74) is 0. The molecule has 0 nitrogen and oxygen atoms in total. The Morgan fingerprint density at radius 3 is 2.88 bits per heavy atom. The van der Waals surface area contributed by atoms with Gasteiger partial charge in [0.15, 0.2) is 0 Å². The summed E-state index contributed by atoms with van der Waals surface area (Å²) >= 11 is 1.61. The van der Waals surface area contributed by atoms with Crippen LogP contribution in [0.2, 0.25) is 0 Å². The Labute approximate surface area is 55.3 Å². The summed E-state index contributed by atoms with van der Waals surface area (Å²) in [6.07, 6.45) is 1.98. The molecule has 1 rings (SSSR count). The van der Waals surface area contributed by atoms with E-state index in [4.69, 9.17) is 1.37 Å². The van der Waals surface area contributed by atoms with Crippen molar-refractivity contribution in [3.8, 4) is 0 Å². The van der Waals surface area contributed by atoms with Gasteiger partial charge in [0.25, 0.3) is 0 Å². The third kappa shape index (κ3) is 1.27. The Hall–Kier alpha value is -0.430. The van der Waals surface area contributed by atoms with Crippen LogP contribution in [0.15, 0.2) is 35.2 Å². The molecule has 0 saturated heterocycles. The van der Waals surface area contributed by atoms with Crippen molar-refractivity contribution in [2.75, 3.05) is 6.26 Å². The van der Waals surface area contributed by atoms with Gasteiger partial charge in [-0.2, -0.15) is 0 Å². The van der Waals surface area contributed by atoms with Crippen LogP contribution >= 0.6 is 11.8 Å². The van der Waals surface area contributed by atoms with E-state index in [1.165, 1.54) is 0 Å². The molecule has 8 heavy (non-hydrogen) atoms. The lowest BCUT2D eigenvalue weighted by atomic mass is 10.4. The molecule has 0 spiro atoms. The molecule has 0 unspecified atom stereocenters. The number of rotatable bonds is 1. The Kier molecular flexibility index (Phi) is 1.54. The van der Waals surface area contributed by atoms with Gasteiger partial charge in [-0.1, -0.05) is 18.2 Å². The van der Waals surface area contributed by atoms with Gasteiger partial charge in [0.2, 0.25) is 0 Å². The second-order valence-electron chi connectivity index (χ2n) is 1.43. The van der Waals surface area contributed by atoms with E-state index in [2.05, 4.69) is 0 Å². The van der Waals surface area contributed by atoms with E-state index < -0.39 is 0 Å². The summed E-state index contributed by atoms with van der Waals surface area (Å²) < 4.78 is 7.35. The summed E-state index contributed by atoms with van der Waals surface area (Å²) in [4.78, 5) is 1.04. The van der Waals surface area contributed by atoms with Gasteiger partial charge >= 0.3 is 0 Å². The van der Waals surface area contributed by atoms with Gasteiger partial charge in [-0.3, -0.25) is 0 Å². The first-order chi connectivity index (χ1) is 4.34. The smallest absolute Gasteiger partial charge is 0.0635 e. The maximum Gasteiger partial charge on any atom is 0.0635 e. The molecule has 1 heteroatoms. The molecule has 0 aliphatic rings. The monoisotopic (exact) mass is 125 g/mol. The van der Waals surface area contributed by atoms with Crippen molar-refractivity contribution in [3.05, 3.63) is 30.3 Å². The number of benzene rings is 1. The van der Waals surface area contributed by atoms with Crippen LogP contribution in [0.3, 0.4) is 0 Å². The van der Waals surface area contributed by atoms with E-state index in [1.54, 1.807) is 17.8 Å². The van der Waals surface area contributed by atoms with Gasteiger partial charge in [-0.05, 0) is 18.4 Å². The van der Waals surface area contributed by atoms with Crippen molar-refractivity contribution >= 4 is 11.8 Å². The first-order valence-electron chi connectivity index (χ1n) is 2.94. The molecule has 0 amide bonds. The zero-order valence-electron chi connectivity index (χ0n) is 5.72. The standard InChI is InChI=1S/C7H8S/c1-8-7-5-3-2-4-6-7/h2-6H,1H3/i5D. The van der Waals surface area contributed by atoms with Crippen LogP contribution < -0.4 is 0 Å². The molecule has 0 aliphatic heterocycles. The number of thioether (sulfide) groups is 1. The second-order valence-corrected chi connectivity index (χ2v) is 2.28. The van der Waals surface area contributed by atoms with Crippen molar-refractivity contribution in [3.63, 3.8) is 0 Å². The molecule has 0 atom stereocenters. The highest BCUT2D eigenvalue weighted by Gasteiger charge is 1.80. The Morgan fingerprint density at radius 1 is 1.50 bits per heavy atom. The molecular weight excluding hydrogens is 116 g/mol. The normalized spacial score (nSPS) is 10.9. The van der Waals surface area contributed by atoms with E-state index in [0.717, 1.165) is 4.90 Å². The summed E-state index contributed by atoms with van der Waals surface area (Å²) in [6, 6.07) is 8.19. The SMILES string of the molecule is [2H]c1ccccc1SC. The molecule has 0 saturated carbocycles. The highest BCUT2D eigenvalue weighted by atomic mass is 32.2. The lowest BCUT2D eigenvalue weighted by Gasteiger charge is -1.89. The summed E-state index contributed by atoms with van der Waals surface area (Å²) in [5, 5.41) is 0. The quantitative estimate of drug-likeness (QED) is 0.519. The molecule has 0 bridgehead atoms. The molecule has 0 fully saturated rings. The molecule has 42 valence electrons. The molecule has 1 aromatic rings. The van der Waals surface area contributed by atoms with Crippen LogP contribution in [0.5, 0.6) is 0 Å². The van der Waals surface area contributed by atoms with E-state index in [9.17, 15) is 0 Å². The minimum Gasteiger partial charge on any atom is -0.130 e. The minimum atomic E-state index is 0.616. The largest absolute Gasteiger partial charge is 0.130 e. The minimum absolute atomic E-state index is 0.616. The third-order valence-corrected chi connectivity index (χ3v) is 1.59. The second kappa shape index (κ2) is 2.78. The average Bonchev–Trinajstić information content (AvgIpc) is 1.89. The fraction of sp³-hybridized carbons (Fsp3) is 0.143. The Balaban J connectivity index is 3.01. The average molecular weight is 125 g/mol. The van der Waals surface area contributed by atoms with Crippen molar-refractivity contribution in [2.24, 2.45) is 0 Å². The summed E-state index contributed by atoms with van der Waals surface area (Å²) in [5.74, 6) is 0. The summed E-state index contributed by atoms with van der Waals surface area (Å²) in [7, 11) is 0. The first-order valence-corrected chi connectivity index (χ1v) is 3.66. The fourth-order valence-electron chi connectivity index (χ4n) is 0.504.